The molecular formula is C34H70. The van der Waals surface area contributed by atoms with Crippen LogP contribution in [0.3, 0.4) is 0 Å². The van der Waals surface area contributed by atoms with Crippen molar-refractivity contribution in [1.29, 1.82) is 0 Å². The highest BCUT2D eigenvalue weighted by Crippen LogP contribution is 2.21. The van der Waals surface area contributed by atoms with Crippen LogP contribution in [-0.2, 0) is 0 Å². The van der Waals surface area contributed by atoms with Crippen LogP contribution in [0.4, 0.5) is 0 Å². The molecule has 0 radical (unpaired) electrons. The maximum atomic E-state index is 2.50. The molecule has 0 aromatic heterocycles. The van der Waals surface area contributed by atoms with Gasteiger partial charge in [0.15, 0.2) is 0 Å². The fourth-order valence-electron chi connectivity index (χ4n) is 5.59. The van der Waals surface area contributed by atoms with E-state index in [9.17, 15) is 0 Å². The molecule has 0 aliphatic rings. The van der Waals surface area contributed by atoms with E-state index >= 15 is 0 Å². The molecule has 0 fully saturated rings. The Labute approximate surface area is 219 Å². The summed E-state index contributed by atoms with van der Waals surface area (Å²) >= 11 is 0. The average molecular weight is 479 g/mol. The van der Waals surface area contributed by atoms with Crippen molar-refractivity contribution >= 4 is 0 Å². The normalized spacial score (nSPS) is 13.4. The molecule has 0 rings (SSSR count). The summed E-state index contributed by atoms with van der Waals surface area (Å²) in [6.07, 6.45) is 41.1. The molecule has 0 aromatic carbocycles. The van der Waals surface area contributed by atoms with Crippen molar-refractivity contribution in [2.45, 2.75) is 207 Å². The summed E-state index contributed by atoms with van der Waals surface area (Å²) in [6, 6.07) is 0. The van der Waals surface area contributed by atoms with Gasteiger partial charge in [-0.15, -0.1) is 0 Å². The minimum atomic E-state index is 0.961. The Balaban J connectivity index is 3.25. The van der Waals surface area contributed by atoms with Crippen LogP contribution >= 0.6 is 0 Å². The molecule has 0 aliphatic heterocycles. The first-order chi connectivity index (χ1) is 16.7. The summed E-state index contributed by atoms with van der Waals surface area (Å²) in [5, 5.41) is 0. The molecule has 0 spiro atoms. The fraction of sp³-hybridized carbons (Fsp3) is 1.00. The molecule has 2 atom stereocenters. The van der Waals surface area contributed by atoms with Gasteiger partial charge in [-0.3, -0.25) is 0 Å². The molecule has 0 N–H and O–H groups in total. The van der Waals surface area contributed by atoms with Gasteiger partial charge in [-0.25, -0.2) is 0 Å². The molecule has 0 bridgehead atoms. The smallest absolute Gasteiger partial charge is 0.0443 e. The van der Waals surface area contributed by atoms with Crippen molar-refractivity contribution < 1.29 is 0 Å². The second-order valence-electron chi connectivity index (χ2n) is 12.1. The zero-order valence-electron chi connectivity index (χ0n) is 25.0. The van der Waals surface area contributed by atoms with Crippen LogP contribution in [0.5, 0.6) is 0 Å². The number of unbranched alkanes of at least 4 members (excludes halogenated alkanes) is 21. The maximum absolute atomic E-state index is 2.50. The van der Waals surface area contributed by atoms with Gasteiger partial charge in [0, 0.05) is 0 Å². The molecule has 206 valence electrons. The van der Waals surface area contributed by atoms with E-state index in [-0.39, 0.29) is 0 Å². The Kier molecular flexibility index (Phi) is 29.2. The van der Waals surface area contributed by atoms with Crippen molar-refractivity contribution in [2.24, 2.45) is 11.8 Å². The zero-order valence-corrected chi connectivity index (χ0v) is 25.0. The van der Waals surface area contributed by atoms with Gasteiger partial charge in [-0.2, -0.15) is 0 Å². The first kappa shape index (κ1) is 34.0. The zero-order chi connectivity index (χ0) is 25.0. The topological polar surface area (TPSA) is 0 Å². The lowest BCUT2D eigenvalue weighted by Crippen LogP contribution is -1.97. The average Bonchev–Trinajstić information content (AvgIpc) is 2.83. The van der Waals surface area contributed by atoms with E-state index in [1.165, 1.54) is 180 Å². The second kappa shape index (κ2) is 29.2. The maximum Gasteiger partial charge on any atom is -0.0443 e. The van der Waals surface area contributed by atoms with E-state index < -0.39 is 0 Å². The van der Waals surface area contributed by atoms with Crippen LogP contribution in [0.15, 0.2) is 0 Å². The predicted molar refractivity (Wildman–Crippen MR) is 159 cm³/mol. The number of hydrogen-bond acceptors (Lipinski definition) is 0. The fourth-order valence-corrected chi connectivity index (χ4v) is 5.59. The lowest BCUT2D eigenvalue weighted by Gasteiger charge is -2.13. The Morgan fingerprint density at radius 3 is 0.676 bits per heavy atom. The highest BCUT2D eigenvalue weighted by atomic mass is 14.1. The van der Waals surface area contributed by atoms with Crippen molar-refractivity contribution in [3.8, 4) is 0 Å². The van der Waals surface area contributed by atoms with E-state index in [0.717, 1.165) is 11.8 Å². The van der Waals surface area contributed by atoms with Gasteiger partial charge < -0.3 is 0 Å². The molecule has 0 heteroatoms. The monoisotopic (exact) mass is 479 g/mol. The highest BCUT2D eigenvalue weighted by molar-refractivity contribution is 4.59. The third-order valence-corrected chi connectivity index (χ3v) is 8.24. The van der Waals surface area contributed by atoms with E-state index in [4.69, 9.17) is 0 Å². The van der Waals surface area contributed by atoms with Crippen molar-refractivity contribution in [3.05, 3.63) is 0 Å². The molecule has 0 heterocycles. The van der Waals surface area contributed by atoms with Gasteiger partial charge in [0.25, 0.3) is 0 Å². The lowest BCUT2D eigenvalue weighted by molar-refractivity contribution is 0.407. The van der Waals surface area contributed by atoms with Crippen LogP contribution in [-0.4, -0.2) is 0 Å². The summed E-state index contributed by atoms with van der Waals surface area (Å²) in [6.45, 7) is 9.62. The van der Waals surface area contributed by atoms with Gasteiger partial charge in [0.1, 0.15) is 0 Å². The van der Waals surface area contributed by atoms with Crippen LogP contribution < -0.4 is 0 Å². The van der Waals surface area contributed by atoms with Gasteiger partial charge >= 0.3 is 0 Å². The van der Waals surface area contributed by atoms with Crippen LogP contribution in [0.1, 0.15) is 207 Å². The third kappa shape index (κ3) is 28.2. The van der Waals surface area contributed by atoms with Crippen molar-refractivity contribution in [3.63, 3.8) is 0 Å². The van der Waals surface area contributed by atoms with E-state index in [1.807, 2.05) is 0 Å². The number of rotatable bonds is 29. The third-order valence-electron chi connectivity index (χ3n) is 8.24. The molecule has 0 saturated carbocycles. The molecule has 0 aromatic rings. The Hall–Kier alpha value is 0. The highest BCUT2D eigenvalue weighted by Gasteiger charge is 2.05. The first-order valence-corrected chi connectivity index (χ1v) is 16.7. The predicted octanol–water partition coefficient (Wildman–Crippen LogP) is 13.2. The van der Waals surface area contributed by atoms with E-state index in [0.29, 0.717) is 0 Å². The summed E-state index contributed by atoms with van der Waals surface area (Å²) in [5.41, 5.74) is 0. The summed E-state index contributed by atoms with van der Waals surface area (Å²) < 4.78 is 0. The van der Waals surface area contributed by atoms with Crippen molar-refractivity contribution in [2.75, 3.05) is 0 Å². The molecule has 0 saturated heterocycles. The molecule has 34 heavy (non-hydrogen) atoms. The van der Waals surface area contributed by atoms with E-state index in [2.05, 4.69) is 27.7 Å². The Bertz CT molecular complexity index is 346. The summed E-state index contributed by atoms with van der Waals surface area (Å²) in [4.78, 5) is 0. The van der Waals surface area contributed by atoms with Crippen molar-refractivity contribution in [1.82, 2.24) is 0 Å². The first-order valence-electron chi connectivity index (χ1n) is 16.7. The molecule has 0 aliphatic carbocycles. The number of hydrogen-bond donors (Lipinski definition) is 0. The minimum absolute atomic E-state index is 0.961. The van der Waals surface area contributed by atoms with Crippen LogP contribution in [0, 0.1) is 11.8 Å². The molecule has 0 nitrogen and oxygen atoms in total. The van der Waals surface area contributed by atoms with Crippen LogP contribution in [0.25, 0.3) is 0 Å². The van der Waals surface area contributed by atoms with Gasteiger partial charge in [0.05, 0.1) is 0 Å². The Morgan fingerprint density at radius 1 is 0.265 bits per heavy atom. The lowest BCUT2D eigenvalue weighted by atomic mass is 9.93. The quantitative estimate of drug-likeness (QED) is 0.0937. The second-order valence-corrected chi connectivity index (χ2v) is 12.1. The largest absolute Gasteiger partial charge is 0.0654 e. The van der Waals surface area contributed by atoms with Gasteiger partial charge in [0.2, 0.25) is 0 Å². The molecule has 2 unspecified atom stereocenters. The van der Waals surface area contributed by atoms with Gasteiger partial charge in [-0.1, -0.05) is 207 Å². The SMILES string of the molecule is CCCCCCCCCCCCCCC(C)CCCCCC(C)CCCCCCCCCCC. The standard InChI is InChI=1S/C34H70/c1-5-7-9-11-13-15-16-17-19-21-23-26-30-34(4)32-28-24-27-31-33(3)29-25-22-20-18-14-12-10-8-6-2/h33-34H,5-32H2,1-4H3. The summed E-state index contributed by atoms with van der Waals surface area (Å²) in [5.74, 6) is 1.92. The van der Waals surface area contributed by atoms with E-state index in [1.54, 1.807) is 0 Å². The molecular weight excluding hydrogens is 408 g/mol. The minimum Gasteiger partial charge on any atom is -0.0654 e. The Morgan fingerprint density at radius 2 is 0.441 bits per heavy atom. The van der Waals surface area contributed by atoms with Crippen LogP contribution in [0.2, 0.25) is 0 Å². The summed E-state index contributed by atoms with van der Waals surface area (Å²) in [7, 11) is 0. The molecule has 0 amide bonds. The van der Waals surface area contributed by atoms with Gasteiger partial charge in [-0.05, 0) is 11.8 Å².